The number of unbranched alkanes of at least 4 members (excludes halogenated alkanes) is 1. The molecule has 1 atom stereocenters. The summed E-state index contributed by atoms with van der Waals surface area (Å²) in [7, 11) is 1.91. The molecule has 24 heavy (non-hydrogen) atoms. The van der Waals surface area contributed by atoms with Gasteiger partial charge in [0.15, 0.2) is 5.96 Å². The van der Waals surface area contributed by atoms with Crippen LogP contribution in [0.5, 0.6) is 0 Å². The van der Waals surface area contributed by atoms with Crippen molar-refractivity contribution in [3.05, 3.63) is 35.9 Å². The molecule has 3 rings (SSSR count). The summed E-state index contributed by atoms with van der Waals surface area (Å²) in [4.78, 5) is 9.51. The van der Waals surface area contributed by atoms with Gasteiger partial charge in [0.05, 0.1) is 0 Å². The van der Waals surface area contributed by atoms with Gasteiger partial charge in [-0.25, -0.2) is 0 Å². The summed E-state index contributed by atoms with van der Waals surface area (Å²) in [6.45, 7) is 7.10. The third kappa shape index (κ3) is 4.73. The molecule has 4 heteroatoms. The van der Waals surface area contributed by atoms with Gasteiger partial charge in [0, 0.05) is 32.6 Å². The van der Waals surface area contributed by atoms with Crippen LogP contribution in [-0.2, 0) is 0 Å². The van der Waals surface area contributed by atoms with E-state index in [0.717, 1.165) is 25.6 Å². The third-order valence-electron chi connectivity index (χ3n) is 5.35. The molecule has 1 aromatic carbocycles. The van der Waals surface area contributed by atoms with Gasteiger partial charge in [-0.05, 0) is 57.3 Å². The van der Waals surface area contributed by atoms with Crippen LogP contribution in [0.25, 0.3) is 0 Å². The van der Waals surface area contributed by atoms with Gasteiger partial charge in [-0.3, -0.25) is 4.99 Å². The second-order valence-corrected chi connectivity index (χ2v) is 7.07. The van der Waals surface area contributed by atoms with Gasteiger partial charge in [0.2, 0.25) is 0 Å². The molecule has 1 unspecified atom stereocenters. The van der Waals surface area contributed by atoms with Crippen molar-refractivity contribution < 1.29 is 0 Å². The molecule has 0 amide bonds. The van der Waals surface area contributed by atoms with E-state index in [2.05, 4.69) is 50.4 Å². The van der Waals surface area contributed by atoms with Gasteiger partial charge in [-0.1, -0.05) is 30.3 Å². The number of nitrogens with one attached hydrogen (secondary N) is 1. The first-order valence-corrected chi connectivity index (χ1v) is 9.59. The Morgan fingerprint density at radius 1 is 1.12 bits per heavy atom. The Hall–Kier alpha value is -1.55. The molecule has 0 spiro atoms. The van der Waals surface area contributed by atoms with Gasteiger partial charge in [0.25, 0.3) is 0 Å². The van der Waals surface area contributed by atoms with Crippen LogP contribution in [0.4, 0.5) is 0 Å². The summed E-state index contributed by atoms with van der Waals surface area (Å²) >= 11 is 0. The van der Waals surface area contributed by atoms with Gasteiger partial charge >= 0.3 is 0 Å². The van der Waals surface area contributed by atoms with Crippen molar-refractivity contribution in [3.63, 3.8) is 0 Å². The fourth-order valence-corrected chi connectivity index (χ4v) is 3.95. The van der Waals surface area contributed by atoms with Gasteiger partial charge in [0.1, 0.15) is 0 Å². The Balaban J connectivity index is 1.37. The molecule has 4 nitrogen and oxygen atoms in total. The first kappa shape index (κ1) is 17.3. The summed E-state index contributed by atoms with van der Waals surface area (Å²) < 4.78 is 0. The molecule has 0 aromatic heterocycles. The minimum Gasteiger partial charge on any atom is -0.356 e. The fourth-order valence-electron chi connectivity index (χ4n) is 3.95. The molecule has 1 N–H and O–H groups in total. The number of nitrogens with zero attached hydrogens (tertiary/aromatic N) is 3. The highest BCUT2D eigenvalue weighted by atomic mass is 15.3. The lowest BCUT2D eigenvalue weighted by Crippen LogP contribution is -2.40. The maximum atomic E-state index is 4.49. The Morgan fingerprint density at radius 2 is 1.92 bits per heavy atom. The maximum absolute atomic E-state index is 4.49. The quantitative estimate of drug-likeness (QED) is 0.495. The molecule has 0 bridgehead atoms. The van der Waals surface area contributed by atoms with Gasteiger partial charge < -0.3 is 15.1 Å². The van der Waals surface area contributed by atoms with E-state index in [0.29, 0.717) is 5.92 Å². The van der Waals surface area contributed by atoms with E-state index in [1.807, 2.05) is 7.05 Å². The van der Waals surface area contributed by atoms with Crippen molar-refractivity contribution in [1.29, 1.82) is 0 Å². The van der Waals surface area contributed by atoms with Crippen molar-refractivity contribution in [3.8, 4) is 0 Å². The standard InChI is InChI=1S/C20H32N4/c1-21-20(22-12-5-6-13-23-14-7-8-15-23)24-16-11-19(17-24)18-9-3-2-4-10-18/h2-4,9-10,19H,5-8,11-17H2,1H3,(H,21,22). The van der Waals surface area contributed by atoms with Gasteiger partial charge in [-0.15, -0.1) is 0 Å². The van der Waals surface area contributed by atoms with Crippen LogP contribution in [-0.4, -0.2) is 62.1 Å². The lowest BCUT2D eigenvalue weighted by Gasteiger charge is -2.22. The predicted molar refractivity (Wildman–Crippen MR) is 102 cm³/mol. The molecule has 132 valence electrons. The number of hydrogen-bond acceptors (Lipinski definition) is 2. The van der Waals surface area contributed by atoms with Crippen LogP contribution in [0.1, 0.15) is 43.6 Å². The molecule has 2 aliphatic rings. The van der Waals surface area contributed by atoms with Crippen LogP contribution in [0.2, 0.25) is 0 Å². The predicted octanol–water partition coefficient (Wildman–Crippen LogP) is 2.93. The second kappa shape index (κ2) is 9.07. The second-order valence-electron chi connectivity index (χ2n) is 7.07. The van der Waals surface area contributed by atoms with E-state index < -0.39 is 0 Å². The molecule has 1 aromatic rings. The monoisotopic (exact) mass is 328 g/mol. The summed E-state index contributed by atoms with van der Waals surface area (Å²) in [6, 6.07) is 10.9. The highest BCUT2D eigenvalue weighted by Crippen LogP contribution is 2.26. The SMILES string of the molecule is CN=C(NCCCCN1CCCC1)N1CCC(c2ccccc2)C1. The van der Waals surface area contributed by atoms with Crippen molar-refractivity contribution in [1.82, 2.24) is 15.1 Å². The van der Waals surface area contributed by atoms with E-state index in [1.165, 1.54) is 57.3 Å². The van der Waals surface area contributed by atoms with Crippen LogP contribution in [0, 0.1) is 0 Å². The number of hydrogen-bond donors (Lipinski definition) is 1. The van der Waals surface area contributed by atoms with Crippen molar-refractivity contribution in [2.75, 3.05) is 46.3 Å². The van der Waals surface area contributed by atoms with Crippen LogP contribution >= 0.6 is 0 Å². The number of guanidine groups is 1. The minimum absolute atomic E-state index is 0.639. The summed E-state index contributed by atoms with van der Waals surface area (Å²) in [5.74, 6) is 1.72. The number of rotatable bonds is 6. The van der Waals surface area contributed by atoms with E-state index in [9.17, 15) is 0 Å². The molecule has 0 saturated carbocycles. The molecule has 2 heterocycles. The number of aliphatic imine (C=N–C) groups is 1. The summed E-state index contributed by atoms with van der Waals surface area (Å²) in [6.07, 6.45) is 6.52. The first-order chi connectivity index (χ1) is 11.9. The normalized spacial score (nSPS) is 22.3. The Kier molecular flexibility index (Phi) is 6.53. The average Bonchev–Trinajstić information content (AvgIpc) is 3.31. The highest BCUT2D eigenvalue weighted by molar-refractivity contribution is 5.80. The van der Waals surface area contributed by atoms with E-state index in [4.69, 9.17) is 0 Å². The summed E-state index contributed by atoms with van der Waals surface area (Å²) in [5, 5.41) is 3.57. The lowest BCUT2D eigenvalue weighted by atomic mass is 9.99. The van der Waals surface area contributed by atoms with Crippen LogP contribution in [0.3, 0.4) is 0 Å². The molecule has 2 saturated heterocycles. The molecule has 0 radical (unpaired) electrons. The zero-order valence-corrected chi connectivity index (χ0v) is 15.1. The van der Waals surface area contributed by atoms with E-state index in [1.54, 1.807) is 0 Å². The largest absolute Gasteiger partial charge is 0.356 e. The average molecular weight is 329 g/mol. The topological polar surface area (TPSA) is 30.9 Å². The Morgan fingerprint density at radius 3 is 2.67 bits per heavy atom. The third-order valence-corrected chi connectivity index (χ3v) is 5.35. The van der Waals surface area contributed by atoms with E-state index >= 15 is 0 Å². The van der Waals surface area contributed by atoms with Crippen molar-refractivity contribution in [2.45, 2.75) is 38.0 Å². The first-order valence-electron chi connectivity index (χ1n) is 9.59. The zero-order valence-electron chi connectivity index (χ0n) is 15.1. The Bertz CT molecular complexity index is 508. The fraction of sp³-hybridized carbons (Fsp3) is 0.650. The summed E-state index contributed by atoms with van der Waals surface area (Å²) in [5.41, 5.74) is 1.46. The molecular formula is C20H32N4. The minimum atomic E-state index is 0.639. The van der Waals surface area contributed by atoms with E-state index in [-0.39, 0.29) is 0 Å². The Labute approximate surface area is 146 Å². The van der Waals surface area contributed by atoms with Crippen LogP contribution < -0.4 is 5.32 Å². The van der Waals surface area contributed by atoms with Crippen molar-refractivity contribution >= 4 is 5.96 Å². The highest BCUT2D eigenvalue weighted by Gasteiger charge is 2.25. The maximum Gasteiger partial charge on any atom is 0.193 e. The molecule has 2 aliphatic heterocycles. The smallest absolute Gasteiger partial charge is 0.193 e. The molecule has 2 fully saturated rings. The van der Waals surface area contributed by atoms with Gasteiger partial charge in [-0.2, -0.15) is 0 Å². The number of likely N-dealkylation sites (tertiary alicyclic amines) is 2. The zero-order chi connectivity index (χ0) is 16.6. The lowest BCUT2D eigenvalue weighted by molar-refractivity contribution is 0.330. The number of benzene rings is 1. The molecular weight excluding hydrogens is 296 g/mol. The van der Waals surface area contributed by atoms with Crippen molar-refractivity contribution in [2.24, 2.45) is 4.99 Å². The molecule has 0 aliphatic carbocycles. The van der Waals surface area contributed by atoms with Crippen LogP contribution in [0.15, 0.2) is 35.3 Å².